The standard InChI is InChI=1S/C21H23N3O.ClH/c1-2-8-20(9-3-1)25-23-21(15-24-13-12-22-16-24)19-11-10-17-6-4-5-7-18(17)14-19;/h4-7,10-14,16,20H,1-3,8-9,15H2;1H/b23-21+;. The number of benzene rings is 2. The molecule has 1 N–H and O–H groups in total. The van der Waals surface area contributed by atoms with Gasteiger partial charge in [-0.1, -0.05) is 36.8 Å². The monoisotopic (exact) mass is 369 g/mol. The van der Waals surface area contributed by atoms with Crippen LogP contribution in [0.25, 0.3) is 10.8 Å². The van der Waals surface area contributed by atoms with E-state index < -0.39 is 0 Å². The number of imidazole rings is 1. The Morgan fingerprint density at radius 3 is 2.65 bits per heavy atom. The lowest BCUT2D eigenvalue weighted by Gasteiger charge is -2.16. The van der Waals surface area contributed by atoms with Gasteiger partial charge in [-0.05, 0) is 53.7 Å². The molecule has 0 radical (unpaired) electrons. The van der Waals surface area contributed by atoms with Gasteiger partial charge in [-0.2, -0.15) is 0 Å². The van der Waals surface area contributed by atoms with Gasteiger partial charge in [-0.15, -0.1) is 0 Å². The highest BCUT2D eigenvalue weighted by molar-refractivity contribution is 5.99. The lowest BCUT2D eigenvalue weighted by atomic mass is 9.98. The molecular formula is C21H24ClN3O. The van der Waals surface area contributed by atoms with Crippen molar-refractivity contribution < 1.29 is 22.4 Å². The summed E-state index contributed by atoms with van der Waals surface area (Å²) < 4.78 is 2.06. The zero-order valence-corrected chi connectivity index (χ0v) is 15.5. The van der Waals surface area contributed by atoms with E-state index in [1.165, 1.54) is 30.0 Å². The van der Waals surface area contributed by atoms with Crippen LogP contribution in [-0.4, -0.2) is 21.4 Å². The Bertz CT molecular complexity index is 855. The van der Waals surface area contributed by atoms with Gasteiger partial charge in [0, 0.05) is 18.0 Å². The molecule has 0 atom stereocenters. The van der Waals surface area contributed by atoms with E-state index in [1.54, 1.807) is 6.20 Å². The normalized spacial score (nSPS) is 15.6. The molecular weight excluding hydrogens is 346 g/mol. The first-order valence-electron chi connectivity index (χ1n) is 9.11. The molecule has 4 rings (SSSR count). The molecule has 1 aliphatic carbocycles. The van der Waals surface area contributed by atoms with Crippen LogP contribution in [0, 0.1) is 0 Å². The minimum Gasteiger partial charge on any atom is -1.00 e. The van der Waals surface area contributed by atoms with Gasteiger partial charge in [0.05, 0.1) is 6.33 Å². The van der Waals surface area contributed by atoms with Crippen LogP contribution in [-0.2, 0) is 11.4 Å². The molecule has 136 valence electrons. The summed E-state index contributed by atoms with van der Waals surface area (Å²) >= 11 is 0. The van der Waals surface area contributed by atoms with Gasteiger partial charge >= 0.3 is 0 Å². The maximum atomic E-state index is 6.04. The van der Waals surface area contributed by atoms with Gasteiger partial charge in [0.15, 0.2) is 6.10 Å². The Kier molecular flexibility index (Phi) is 6.29. The zero-order valence-electron chi connectivity index (χ0n) is 14.8. The quantitative estimate of drug-likeness (QED) is 0.503. The molecule has 1 aromatic heterocycles. The molecule has 0 saturated heterocycles. The van der Waals surface area contributed by atoms with E-state index >= 15 is 0 Å². The summed E-state index contributed by atoms with van der Waals surface area (Å²) in [5.41, 5.74) is 2.22. The first kappa shape index (κ1) is 18.5. The molecule has 0 amide bonds. The molecule has 26 heavy (non-hydrogen) atoms. The number of nitrogens with zero attached hydrogens (tertiary/aromatic N) is 2. The van der Waals surface area contributed by atoms with Gasteiger partial charge in [-0.3, -0.25) is 4.84 Å². The fraction of sp³-hybridized carbons (Fsp3) is 0.333. The minimum atomic E-state index is 0. The van der Waals surface area contributed by atoms with Crippen molar-refractivity contribution in [2.24, 2.45) is 0 Å². The predicted octanol–water partition coefficient (Wildman–Crippen LogP) is -0.125. The molecule has 1 heterocycles. The summed E-state index contributed by atoms with van der Waals surface area (Å²) in [6.07, 6.45) is 12.1. The molecule has 1 fully saturated rings. The van der Waals surface area contributed by atoms with Crippen LogP contribution < -0.4 is 17.6 Å². The van der Waals surface area contributed by atoms with Crippen molar-refractivity contribution in [3.8, 4) is 0 Å². The predicted molar refractivity (Wildman–Crippen MR) is 99.2 cm³/mol. The van der Waals surface area contributed by atoms with Gasteiger partial charge in [0.2, 0.25) is 0 Å². The van der Waals surface area contributed by atoms with Crippen molar-refractivity contribution in [1.29, 1.82) is 0 Å². The van der Waals surface area contributed by atoms with Crippen molar-refractivity contribution in [3.05, 3.63) is 66.7 Å². The Hall–Kier alpha value is -2.33. The molecule has 0 spiro atoms. The Morgan fingerprint density at radius 2 is 1.88 bits per heavy atom. The molecule has 5 heteroatoms. The van der Waals surface area contributed by atoms with Gasteiger partial charge in [0.25, 0.3) is 5.71 Å². The van der Waals surface area contributed by atoms with Gasteiger partial charge in [0.1, 0.15) is 6.54 Å². The molecule has 1 aliphatic rings. The lowest BCUT2D eigenvalue weighted by molar-refractivity contribution is -0.765. The van der Waals surface area contributed by atoms with Gasteiger partial charge < -0.3 is 17.0 Å². The van der Waals surface area contributed by atoms with Gasteiger partial charge in [-0.25, -0.2) is 4.98 Å². The number of fused-ring (bicyclic) bond motifs is 1. The van der Waals surface area contributed by atoms with Crippen LogP contribution in [0.4, 0.5) is 0 Å². The number of halogens is 1. The molecule has 1 saturated carbocycles. The third-order valence-electron chi connectivity index (χ3n) is 4.90. The number of aromatic nitrogens is 2. The average molecular weight is 370 g/mol. The SMILES string of the molecule is [Cl-].c1ccc2cc(/C(Cn3ccnc3)=[NH+]/OC3CCCCC3)ccc2c1. The van der Waals surface area contributed by atoms with Crippen molar-refractivity contribution in [1.82, 2.24) is 9.55 Å². The zero-order chi connectivity index (χ0) is 16.9. The summed E-state index contributed by atoms with van der Waals surface area (Å²) in [5, 5.41) is 5.77. The molecule has 4 nitrogen and oxygen atoms in total. The first-order chi connectivity index (χ1) is 12.4. The van der Waals surface area contributed by atoms with Crippen LogP contribution in [0.5, 0.6) is 0 Å². The van der Waals surface area contributed by atoms with E-state index in [0.717, 1.165) is 24.1 Å². The number of rotatable bonds is 5. The van der Waals surface area contributed by atoms with Crippen LogP contribution in [0.3, 0.4) is 0 Å². The van der Waals surface area contributed by atoms with Crippen LogP contribution >= 0.6 is 0 Å². The van der Waals surface area contributed by atoms with Crippen molar-refractivity contribution in [3.63, 3.8) is 0 Å². The van der Waals surface area contributed by atoms with Crippen molar-refractivity contribution in [2.45, 2.75) is 44.8 Å². The number of nitrogens with one attached hydrogen (secondary N) is 1. The van der Waals surface area contributed by atoms with E-state index in [1.807, 2.05) is 12.5 Å². The van der Waals surface area contributed by atoms with Crippen molar-refractivity contribution in [2.75, 3.05) is 0 Å². The summed E-state index contributed by atoms with van der Waals surface area (Å²) in [7, 11) is 0. The topological polar surface area (TPSA) is 41.0 Å². The largest absolute Gasteiger partial charge is 1.00 e. The molecule has 3 aromatic rings. The smallest absolute Gasteiger partial charge is 0.251 e. The fourth-order valence-electron chi connectivity index (χ4n) is 3.46. The third kappa shape index (κ3) is 4.44. The summed E-state index contributed by atoms with van der Waals surface area (Å²) in [6.45, 7) is 0.713. The lowest BCUT2D eigenvalue weighted by Crippen LogP contribution is -3.00. The van der Waals surface area contributed by atoms with Crippen LogP contribution in [0.1, 0.15) is 37.7 Å². The Morgan fingerprint density at radius 1 is 1.08 bits per heavy atom. The molecule has 2 aromatic carbocycles. The second kappa shape index (κ2) is 8.86. The highest BCUT2D eigenvalue weighted by Crippen LogP contribution is 2.19. The highest BCUT2D eigenvalue weighted by Gasteiger charge is 2.19. The van der Waals surface area contributed by atoms with E-state index in [2.05, 4.69) is 57.2 Å². The van der Waals surface area contributed by atoms with E-state index in [-0.39, 0.29) is 12.4 Å². The van der Waals surface area contributed by atoms with E-state index in [4.69, 9.17) is 4.84 Å². The first-order valence-corrected chi connectivity index (χ1v) is 9.11. The average Bonchev–Trinajstić information content (AvgIpc) is 3.19. The third-order valence-corrected chi connectivity index (χ3v) is 4.90. The molecule has 0 aliphatic heterocycles. The second-order valence-electron chi connectivity index (χ2n) is 6.76. The van der Waals surface area contributed by atoms with Crippen molar-refractivity contribution >= 4 is 16.5 Å². The summed E-state index contributed by atoms with van der Waals surface area (Å²) in [5.74, 6) is 0. The molecule has 0 unspecified atom stereocenters. The fourth-order valence-corrected chi connectivity index (χ4v) is 3.46. The maximum Gasteiger partial charge on any atom is 0.251 e. The summed E-state index contributed by atoms with van der Waals surface area (Å²) in [4.78, 5) is 10.2. The summed E-state index contributed by atoms with van der Waals surface area (Å²) in [6, 6.07) is 15.0. The number of hydrogen-bond donors (Lipinski definition) is 1. The Labute approximate surface area is 160 Å². The minimum absolute atomic E-state index is 0. The van der Waals surface area contributed by atoms with E-state index in [9.17, 15) is 0 Å². The number of hydrogen-bond acceptors (Lipinski definition) is 2. The van der Waals surface area contributed by atoms with E-state index in [0.29, 0.717) is 12.6 Å². The Balaban J connectivity index is 0.00000196. The highest BCUT2D eigenvalue weighted by atomic mass is 35.5. The maximum absolute atomic E-state index is 6.04. The van der Waals surface area contributed by atoms with Crippen LogP contribution in [0.2, 0.25) is 0 Å². The molecule has 0 bridgehead atoms. The second-order valence-corrected chi connectivity index (χ2v) is 6.76. The van der Waals surface area contributed by atoms with Crippen LogP contribution in [0.15, 0.2) is 61.2 Å².